The molecule has 2 aliphatic rings. The molecule has 0 saturated carbocycles. The lowest BCUT2D eigenvalue weighted by atomic mass is 9.85. The highest BCUT2D eigenvalue weighted by Gasteiger charge is 2.47. The largest absolute Gasteiger partial charge is 0.452 e. The minimum absolute atomic E-state index is 0.0253. The molecule has 160 valence electrons. The van der Waals surface area contributed by atoms with Gasteiger partial charge in [-0.2, -0.15) is 0 Å². The van der Waals surface area contributed by atoms with Crippen molar-refractivity contribution in [2.24, 2.45) is 11.8 Å². The van der Waals surface area contributed by atoms with Crippen LogP contribution in [0.15, 0.2) is 54.6 Å². The zero-order valence-electron chi connectivity index (χ0n) is 17.2. The Labute approximate surface area is 180 Å². The second-order valence-electron chi connectivity index (χ2n) is 7.92. The number of likely N-dealkylation sites (tertiary alicyclic amines) is 1. The molecule has 1 aliphatic carbocycles. The third kappa shape index (κ3) is 4.35. The van der Waals surface area contributed by atoms with Gasteiger partial charge in [-0.25, -0.2) is 0 Å². The van der Waals surface area contributed by atoms with Gasteiger partial charge in [-0.15, -0.1) is 0 Å². The van der Waals surface area contributed by atoms with E-state index in [2.05, 4.69) is 5.32 Å². The molecule has 1 N–H and O–H groups in total. The maximum Gasteiger partial charge on any atom is 0.308 e. The van der Waals surface area contributed by atoms with Crippen molar-refractivity contribution in [3.05, 3.63) is 54.6 Å². The average Bonchev–Trinajstić information content (AvgIpc) is 3.02. The quantitative estimate of drug-likeness (QED) is 0.441. The summed E-state index contributed by atoms with van der Waals surface area (Å²) in [5.74, 6) is -2.17. The maximum atomic E-state index is 12.4. The summed E-state index contributed by atoms with van der Waals surface area (Å²) in [5, 5.41) is 4.79. The molecule has 7 nitrogen and oxygen atoms in total. The van der Waals surface area contributed by atoms with Crippen molar-refractivity contribution >= 4 is 40.2 Å². The van der Waals surface area contributed by atoms with Crippen LogP contribution in [-0.4, -0.2) is 41.2 Å². The highest BCUT2D eigenvalue weighted by atomic mass is 16.5. The number of carbonyl (C=O) groups is 4. The highest BCUT2D eigenvalue weighted by molar-refractivity contribution is 6.05. The number of rotatable bonds is 6. The molecular formula is C24H24N2O5. The van der Waals surface area contributed by atoms with Crippen molar-refractivity contribution in [1.82, 2.24) is 4.90 Å². The number of hydrogen-bond acceptors (Lipinski definition) is 5. The number of imide groups is 1. The molecule has 0 radical (unpaired) electrons. The topological polar surface area (TPSA) is 92.8 Å². The van der Waals surface area contributed by atoms with E-state index in [0.29, 0.717) is 18.5 Å². The van der Waals surface area contributed by atoms with Gasteiger partial charge in [0.2, 0.25) is 11.8 Å². The molecule has 1 aliphatic heterocycles. The first-order valence-corrected chi connectivity index (χ1v) is 10.4. The molecule has 0 aromatic heterocycles. The number of hydrogen-bond donors (Lipinski definition) is 1. The molecule has 1 saturated heterocycles. The number of nitrogens with zero attached hydrogens (tertiary/aromatic N) is 1. The van der Waals surface area contributed by atoms with Gasteiger partial charge in [-0.1, -0.05) is 42.5 Å². The fourth-order valence-electron chi connectivity index (χ4n) is 4.11. The molecule has 1 fully saturated rings. The third-order valence-corrected chi connectivity index (χ3v) is 5.83. The van der Waals surface area contributed by atoms with E-state index in [-0.39, 0.29) is 36.6 Å². The Kier molecular flexibility index (Phi) is 5.84. The summed E-state index contributed by atoms with van der Waals surface area (Å²) in [6, 6.07) is 13.3. The first-order chi connectivity index (χ1) is 14.9. The SMILES string of the molecule is C[C@H](OC(=O)CCN1C(=O)[C@H]2CC=CC[C@@H]2C1=O)C(=O)Nc1ccc2ccccc2c1. The number of anilines is 1. The van der Waals surface area contributed by atoms with Crippen molar-refractivity contribution in [3.63, 3.8) is 0 Å². The van der Waals surface area contributed by atoms with E-state index >= 15 is 0 Å². The van der Waals surface area contributed by atoms with Crippen molar-refractivity contribution in [2.45, 2.75) is 32.3 Å². The Morgan fingerprint density at radius 3 is 2.35 bits per heavy atom. The molecule has 0 unspecified atom stereocenters. The number of benzene rings is 2. The molecule has 2 aromatic carbocycles. The number of carbonyl (C=O) groups excluding carboxylic acids is 4. The van der Waals surface area contributed by atoms with Crippen LogP contribution in [0.4, 0.5) is 5.69 Å². The van der Waals surface area contributed by atoms with Crippen LogP contribution >= 0.6 is 0 Å². The first kappa shape index (κ1) is 20.8. The van der Waals surface area contributed by atoms with Gasteiger partial charge in [-0.3, -0.25) is 24.1 Å². The second-order valence-corrected chi connectivity index (χ2v) is 7.92. The third-order valence-electron chi connectivity index (χ3n) is 5.83. The minimum atomic E-state index is -1.00. The fourth-order valence-corrected chi connectivity index (χ4v) is 4.11. The lowest BCUT2D eigenvalue weighted by Crippen LogP contribution is -2.35. The zero-order valence-corrected chi connectivity index (χ0v) is 17.2. The Morgan fingerprint density at radius 1 is 1.03 bits per heavy atom. The van der Waals surface area contributed by atoms with E-state index < -0.39 is 18.0 Å². The maximum absolute atomic E-state index is 12.4. The molecule has 3 amide bonds. The summed E-state index contributed by atoms with van der Waals surface area (Å²) in [4.78, 5) is 50.7. The number of ether oxygens (including phenoxy) is 1. The van der Waals surface area contributed by atoms with E-state index in [4.69, 9.17) is 4.74 Å². The number of fused-ring (bicyclic) bond motifs is 2. The van der Waals surface area contributed by atoms with E-state index in [1.807, 2.05) is 48.6 Å². The van der Waals surface area contributed by atoms with Crippen LogP contribution < -0.4 is 5.32 Å². The zero-order chi connectivity index (χ0) is 22.0. The predicted octanol–water partition coefficient (Wildman–Crippen LogP) is 3.05. The van der Waals surface area contributed by atoms with Gasteiger partial charge in [0.1, 0.15) is 0 Å². The van der Waals surface area contributed by atoms with Crippen LogP contribution in [0.3, 0.4) is 0 Å². The molecule has 31 heavy (non-hydrogen) atoms. The monoisotopic (exact) mass is 420 g/mol. The number of amides is 3. The van der Waals surface area contributed by atoms with Crippen LogP contribution in [0, 0.1) is 11.8 Å². The summed E-state index contributed by atoms with van der Waals surface area (Å²) in [7, 11) is 0. The number of nitrogens with one attached hydrogen (secondary N) is 1. The van der Waals surface area contributed by atoms with Gasteiger partial charge in [-0.05, 0) is 42.7 Å². The molecule has 4 rings (SSSR count). The standard InChI is InChI=1S/C24H24N2O5/c1-15(22(28)25-18-11-10-16-6-2-3-7-17(16)14-18)31-21(27)12-13-26-23(29)19-8-4-5-9-20(19)24(26)30/h2-7,10-11,14-15,19-20H,8-9,12-13H2,1H3,(H,25,28)/t15-,19-,20-/m0/s1. The van der Waals surface area contributed by atoms with Crippen molar-refractivity contribution in [3.8, 4) is 0 Å². The van der Waals surface area contributed by atoms with Gasteiger partial charge in [0.05, 0.1) is 18.3 Å². The van der Waals surface area contributed by atoms with E-state index in [1.165, 1.54) is 6.92 Å². The Morgan fingerprint density at radius 2 is 1.68 bits per heavy atom. The summed E-state index contributed by atoms with van der Waals surface area (Å²) in [6.45, 7) is 1.46. The van der Waals surface area contributed by atoms with Crippen LogP contribution in [0.25, 0.3) is 10.8 Å². The van der Waals surface area contributed by atoms with Gasteiger partial charge >= 0.3 is 5.97 Å². The molecule has 3 atom stereocenters. The highest BCUT2D eigenvalue weighted by Crippen LogP contribution is 2.35. The smallest absolute Gasteiger partial charge is 0.308 e. The molecule has 7 heteroatoms. The first-order valence-electron chi connectivity index (χ1n) is 10.4. The van der Waals surface area contributed by atoms with Crippen molar-refractivity contribution in [1.29, 1.82) is 0 Å². The lowest BCUT2D eigenvalue weighted by molar-refractivity contribution is -0.154. The van der Waals surface area contributed by atoms with Crippen LogP contribution in [0.5, 0.6) is 0 Å². The Hall–Kier alpha value is -3.48. The number of esters is 1. The second kappa shape index (κ2) is 8.71. The van der Waals surface area contributed by atoms with E-state index in [9.17, 15) is 19.2 Å². The molecule has 1 heterocycles. The molecule has 2 aromatic rings. The number of allylic oxidation sites excluding steroid dienone is 2. The summed E-state index contributed by atoms with van der Waals surface area (Å²) >= 11 is 0. The summed E-state index contributed by atoms with van der Waals surface area (Å²) < 4.78 is 5.21. The lowest BCUT2D eigenvalue weighted by Gasteiger charge is -2.16. The Bertz CT molecular complexity index is 1050. The van der Waals surface area contributed by atoms with Crippen LogP contribution in [0.1, 0.15) is 26.2 Å². The minimum Gasteiger partial charge on any atom is -0.452 e. The van der Waals surface area contributed by atoms with E-state index in [0.717, 1.165) is 15.7 Å². The van der Waals surface area contributed by atoms with Gasteiger partial charge in [0.25, 0.3) is 5.91 Å². The van der Waals surface area contributed by atoms with Gasteiger partial charge in [0, 0.05) is 12.2 Å². The Balaban J connectivity index is 1.28. The summed E-state index contributed by atoms with van der Waals surface area (Å²) in [5.41, 5.74) is 0.607. The predicted molar refractivity (Wildman–Crippen MR) is 115 cm³/mol. The van der Waals surface area contributed by atoms with Gasteiger partial charge in [0.15, 0.2) is 6.10 Å². The molecule has 0 bridgehead atoms. The van der Waals surface area contributed by atoms with Gasteiger partial charge < -0.3 is 10.1 Å². The molecular weight excluding hydrogens is 396 g/mol. The van der Waals surface area contributed by atoms with Crippen LogP contribution in [-0.2, 0) is 23.9 Å². The summed E-state index contributed by atoms with van der Waals surface area (Å²) in [6.07, 6.45) is 3.80. The fraction of sp³-hybridized carbons (Fsp3) is 0.333. The average molecular weight is 420 g/mol. The normalized spacial score (nSPS) is 21.1. The van der Waals surface area contributed by atoms with E-state index in [1.54, 1.807) is 6.07 Å². The van der Waals surface area contributed by atoms with Crippen LogP contribution in [0.2, 0.25) is 0 Å². The van der Waals surface area contributed by atoms with Crippen molar-refractivity contribution < 1.29 is 23.9 Å². The van der Waals surface area contributed by atoms with Crippen molar-refractivity contribution in [2.75, 3.05) is 11.9 Å². The molecule has 0 spiro atoms.